The summed E-state index contributed by atoms with van der Waals surface area (Å²) in [5, 5.41) is 10.7. The lowest BCUT2D eigenvalue weighted by Gasteiger charge is -2.29. The van der Waals surface area contributed by atoms with Gasteiger partial charge in [-0.1, -0.05) is 0 Å². The zero-order valence-corrected chi connectivity index (χ0v) is 7.88. The summed E-state index contributed by atoms with van der Waals surface area (Å²) in [5.41, 5.74) is 0.0403. The Hall–Kier alpha value is -1.57. The molecule has 88 valence electrons. The van der Waals surface area contributed by atoms with E-state index < -0.39 is 24.2 Å². The number of imidazole rings is 1. The van der Waals surface area contributed by atoms with Crippen molar-refractivity contribution in [2.24, 2.45) is 0 Å². The number of aliphatic carboxylic acids is 1. The number of aromatic nitrogens is 2. The van der Waals surface area contributed by atoms with E-state index in [0.29, 0.717) is 0 Å². The van der Waals surface area contributed by atoms with Crippen LogP contribution in [-0.2, 0) is 11.2 Å². The first-order valence-electron chi connectivity index (χ1n) is 4.47. The van der Waals surface area contributed by atoms with Crippen molar-refractivity contribution >= 4 is 5.97 Å². The van der Waals surface area contributed by atoms with Gasteiger partial charge in [-0.3, -0.25) is 10.1 Å². The Morgan fingerprint density at radius 2 is 2.25 bits per heavy atom. The maximum Gasteiger partial charge on any atom is 0.409 e. The average molecular weight is 235 g/mol. The fraction of sp³-hybridized carbons (Fsp3) is 0.500. The summed E-state index contributed by atoms with van der Waals surface area (Å²) in [6.07, 6.45) is -3.45. The minimum absolute atomic E-state index is 0.0305. The third-order valence-corrected chi connectivity index (χ3v) is 2.43. The van der Waals surface area contributed by atoms with Crippen LogP contribution in [0, 0.1) is 0 Å². The van der Waals surface area contributed by atoms with Crippen molar-refractivity contribution in [3.05, 3.63) is 17.7 Å². The summed E-state index contributed by atoms with van der Waals surface area (Å²) in [5.74, 6) is -1.31. The number of carboxylic acids is 1. The summed E-state index contributed by atoms with van der Waals surface area (Å²) in [6.45, 7) is 0. The Morgan fingerprint density at radius 3 is 2.81 bits per heavy atom. The minimum atomic E-state index is -4.56. The number of hydrogen-bond donors (Lipinski definition) is 3. The van der Waals surface area contributed by atoms with Gasteiger partial charge in [0.1, 0.15) is 12.1 Å². The fourth-order valence-corrected chi connectivity index (χ4v) is 1.70. The lowest BCUT2D eigenvalue weighted by atomic mass is 9.99. The predicted molar refractivity (Wildman–Crippen MR) is 45.6 cm³/mol. The van der Waals surface area contributed by atoms with Crippen molar-refractivity contribution in [3.8, 4) is 0 Å². The minimum Gasteiger partial charge on any atom is -0.480 e. The molecule has 0 saturated carbocycles. The topological polar surface area (TPSA) is 78.0 Å². The summed E-state index contributed by atoms with van der Waals surface area (Å²) >= 11 is 0. The summed E-state index contributed by atoms with van der Waals surface area (Å²) < 4.78 is 37.9. The Labute approximate surface area is 87.7 Å². The molecule has 1 aromatic heterocycles. The number of H-pyrrole nitrogens is 1. The van der Waals surface area contributed by atoms with E-state index in [4.69, 9.17) is 5.11 Å². The zero-order valence-electron chi connectivity index (χ0n) is 7.88. The highest BCUT2D eigenvalue weighted by Crippen LogP contribution is 2.36. The van der Waals surface area contributed by atoms with Gasteiger partial charge in [0.15, 0.2) is 0 Å². The number of fused-ring (bicyclic) bond motifs is 1. The Morgan fingerprint density at radius 1 is 1.56 bits per heavy atom. The molecular formula is C8H8F3N3O2. The maximum atomic E-state index is 12.6. The smallest absolute Gasteiger partial charge is 0.409 e. The van der Waals surface area contributed by atoms with E-state index in [-0.39, 0.29) is 17.8 Å². The molecule has 1 unspecified atom stereocenters. The van der Waals surface area contributed by atoms with Gasteiger partial charge in [-0.05, 0) is 0 Å². The summed E-state index contributed by atoms with van der Waals surface area (Å²) in [6, 6.07) is -3.27. The maximum absolute atomic E-state index is 12.6. The van der Waals surface area contributed by atoms with E-state index in [1.807, 2.05) is 5.32 Å². The second kappa shape index (κ2) is 3.48. The summed E-state index contributed by atoms with van der Waals surface area (Å²) in [7, 11) is 0. The molecule has 1 aromatic rings. The first-order valence-corrected chi connectivity index (χ1v) is 4.47. The van der Waals surface area contributed by atoms with Crippen LogP contribution < -0.4 is 5.32 Å². The summed E-state index contributed by atoms with van der Waals surface area (Å²) in [4.78, 5) is 16.8. The van der Waals surface area contributed by atoms with Crippen molar-refractivity contribution in [3.63, 3.8) is 0 Å². The molecule has 0 bridgehead atoms. The van der Waals surface area contributed by atoms with Crippen LogP contribution in [0.2, 0.25) is 0 Å². The van der Waals surface area contributed by atoms with Crippen LogP contribution in [0.25, 0.3) is 0 Å². The van der Waals surface area contributed by atoms with Crippen LogP contribution in [0.1, 0.15) is 17.4 Å². The van der Waals surface area contributed by atoms with Crippen molar-refractivity contribution in [2.45, 2.75) is 24.7 Å². The quantitative estimate of drug-likeness (QED) is 0.666. The number of nitrogens with zero attached hydrogens (tertiary/aromatic N) is 1. The molecule has 8 heteroatoms. The van der Waals surface area contributed by atoms with Gasteiger partial charge in [-0.25, -0.2) is 4.98 Å². The van der Waals surface area contributed by atoms with Gasteiger partial charge in [0.25, 0.3) is 0 Å². The molecule has 2 atom stereocenters. The number of rotatable bonds is 1. The molecule has 0 aromatic carbocycles. The van der Waals surface area contributed by atoms with Crippen LogP contribution in [0.3, 0.4) is 0 Å². The van der Waals surface area contributed by atoms with E-state index >= 15 is 0 Å². The van der Waals surface area contributed by atoms with E-state index in [9.17, 15) is 18.0 Å². The zero-order chi connectivity index (χ0) is 11.9. The monoisotopic (exact) mass is 235 g/mol. The van der Waals surface area contributed by atoms with E-state index in [2.05, 4.69) is 9.97 Å². The Balaban J connectivity index is 2.37. The van der Waals surface area contributed by atoms with Crippen LogP contribution in [0.4, 0.5) is 13.2 Å². The Bertz CT molecular complexity index is 415. The normalized spacial score (nSPS) is 25.2. The standard InChI is InChI=1S/C8H8F3N3O2/c9-8(10,11)6-5-3(12-2-13-5)1-4(14-6)7(15)16/h2,4,6,14H,1H2,(H,12,13)(H,15,16)/t4-,6?/m0/s1. The number of nitrogens with one attached hydrogen (secondary N) is 2. The molecule has 3 N–H and O–H groups in total. The fourth-order valence-electron chi connectivity index (χ4n) is 1.70. The van der Waals surface area contributed by atoms with Crippen LogP contribution in [-0.4, -0.2) is 33.3 Å². The van der Waals surface area contributed by atoms with Gasteiger partial charge in [0.2, 0.25) is 0 Å². The second-order valence-electron chi connectivity index (χ2n) is 3.50. The number of alkyl halides is 3. The largest absolute Gasteiger partial charge is 0.480 e. The molecular weight excluding hydrogens is 227 g/mol. The van der Waals surface area contributed by atoms with Gasteiger partial charge in [-0.2, -0.15) is 13.2 Å². The molecule has 1 aliphatic rings. The predicted octanol–water partition coefficient (Wildman–Crippen LogP) is 0.612. The van der Waals surface area contributed by atoms with Crippen LogP contribution in [0.15, 0.2) is 6.33 Å². The highest BCUT2D eigenvalue weighted by atomic mass is 19.4. The van der Waals surface area contributed by atoms with Crippen molar-refractivity contribution in [1.29, 1.82) is 0 Å². The molecule has 0 aliphatic carbocycles. The number of carbonyl (C=O) groups is 1. The molecule has 0 fully saturated rings. The van der Waals surface area contributed by atoms with Gasteiger partial charge < -0.3 is 10.1 Å². The number of hydrogen-bond acceptors (Lipinski definition) is 3. The number of halogens is 3. The van der Waals surface area contributed by atoms with Gasteiger partial charge >= 0.3 is 12.1 Å². The van der Waals surface area contributed by atoms with Gasteiger partial charge in [0.05, 0.1) is 12.0 Å². The van der Waals surface area contributed by atoms with Crippen molar-refractivity contribution < 1.29 is 23.1 Å². The third-order valence-electron chi connectivity index (χ3n) is 2.43. The van der Waals surface area contributed by atoms with Crippen LogP contribution >= 0.6 is 0 Å². The molecule has 0 amide bonds. The molecule has 5 nitrogen and oxygen atoms in total. The third kappa shape index (κ3) is 1.75. The Kier molecular flexibility index (Phi) is 2.38. The highest BCUT2D eigenvalue weighted by Gasteiger charge is 2.47. The van der Waals surface area contributed by atoms with Crippen molar-refractivity contribution in [1.82, 2.24) is 15.3 Å². The first-order chi connectivity index (χ1) is 7.39. The average Bonchev–Trinajstić information content (AvgIpc) is 2.61. The van der Waals surface area contributed by atoms with Crippen molar-refractivity contribution in [2.75, 3.05) is 0 Å². The molecule has 0 spiro atoms. The van der Waals surface area contributed by atoms with Gasteiger partial charge in [-0.15, -0.1) is 0 Å². The number of carboxylic acid groups (broad SMARTS) is 1. The number of aromatic amines is 1. The lowest BCUT2D eigenvalue weighted by molar-refractivity contribution is -0.165. The molecule has 16 heavy (non-hydrogen) atoms. The molecule has 0 saturated heterocycles. The van der Waals surface area contributed by atoms with E-state index in [1.165, 1.54) is 0 Å². The SMILES string of the molecule is O=C(O)[C@@H]1Cc2[nH]cnc2C(C(F)(F)F)N1. The lowest BCUT2D eigenvalue weighted by Crippen LogP contribution is -2.49. The molecule has 1 aliphatic heterocycles. The van der Waals surface area contributed by atoms with E-state index in [0.717, 1.165) is 6.33 Å². The molecule has 0 radical (unpaired) electrons. The molecule has 2 rings (SSSR count). The molecule has 2 heterocycles. The highest BCUT2D eigenvalue weighted by molar-refractivity contribution is 5.74. The van der Waals surface area contributed by atoms with Crippen LogP contribution in [0.5, 0.6) is 0 Å². The van der Waals surface area contributed by atoms with Gasteiger partial charge in [0, 0.05) is 12.1 Å². The van der Waals surface area contributed by atoms with E-state index in [1.54, 1.807) is 0 Å². The first kappa shape index (κ1) is 10.9. The second-order valence-corrected chi connectivity index (χ2v) is 3.50.